The third-order valence-corrected chi connectivity index (χ3v) is 4.51. The van der Waals surface area contributed by atoms with Crippen molar-refractivity contribution in [1.82, 2.24) is 0 Å². The van der Waals surface area contributed by atoms with Crippen LogP contribution in [-0.4, -0.2) is 17.7 Å². The molecule has 0 spiro atoms. The van der Waals surface area contributed by atoms with Crippen LogP contribution in [0.4, 0.5) is 17.6 Å². The molecule has 0 amide bonds. The average Bonchev–Trinajstić information content (AvgIpc) is 2.75. The van der Waals surface area contributed by atoms with E-state index >= 15 is 0 Å². The molecule has 0 saturated carbocycles. The number of rotatable bonds is 8. The van der Waals surface area contributed by atoms with Crippen molar-refractivity contribution in [3.8, 4) is 11.5 Å². The summed E-state index contributed by atoms with van der Waals surface area (Å²) in [5.74, 6) is -0.719. The maximum atomic E-state index is 14.3. The second kappa shape index (κ2) is 9.55. The topological polar surface area (TPSA) is 43.4 Å². The number of ketones is 2. The summed E-state index contributed by atoms with van der Waals surface area (Å²) in [6, 6.07) is 19.4. The molecular weight excluding hydrogens is 412 g/mol. The van der Waals surface area contributed by atoms with Gasteiger partial charge in [-0.2, -0.15) is 13.2 Å². The Bertz CT molecular complexity index is 1030. The number of benzene rings is 3. The molecular formula is C24H18F4O3. The van der Waals surface area contributed by atoms with Gasteiger partial charge in [-0.1, -0.05) is 42.5 Å². The van der Waals surface area contributed by atoms with Gasteiger partial charge in [-0.3, -0.25) is 9.59 Å². The van der Waals surface area contributed by atoms with Crippen molar-refractivity contribution < 1.29 is 31.9 Å². The van der Waals surface area contributed by atoms with Crippen molar-refractivity contribution in [1.29, 1.82) is 0 Å². The summed E-state index contributed by atoms with van der Waals surface area (Å²) in [4.78, 5) is 24.2. The Kier molecular flexibility index (Phi) is 6.84. The van der Waals surface area contributed by atoms with Crippen LogP contribution in [0.1, 0.15) is 16.7 Å². The van der Waals surface area contributed by atoms with E-state index in [4.69, 9.17) is 4.74 Å². The van der Waals surface area contributed by atoms with E-state index in [1.54, 1.807) is 36.4 Å². The van der Waals surface area contributed by atoms with Gasteiger partial charge in [-0.05, 0) is 47.5 Å². The van der Waals surface area contributed by atoms with Gasteiger partial charge in [0.15, 0.2) is 11.6 Å². The molecule has 160 valence electrons. The van der Waals surface area contributed by atoms with Gasteiger partial charge < -0.3 is 4.74 Å². The Morgan fingerprint density at radius 3 is 1.65 bits per heavy atom. The first-order chi connectivity index (χ1) is 14.7. The summed E-state index contributed by atoms with van der Waals surface area (Å²) in [6.45, 7) is 0. The lowest BCUT2D eigenvalue weighted by atomic mass is 9.99. The minimum atomic E-state index is -4.50. The zero-order valence-corrected chi connectivity index (χ0v) is 16.2. The Morgan fingerprint density at radius 2 is 1.16 bits per heavy atom. The third-order valence-electron chi connectivity index (χ3n) is 4.51. The van der Waals surface area contributed by atoms with E-state index in [1.807, 2.05) is 18.2 Å². The Labute approximate surface area is 176 Å². The summed E-state index contributed by atoms with van der Waals surface area (Å²) >= 11 is 0. The molecule has 1 unspecified atom stereocenters. The number of alkyl halides is 4. The molecule has 3 rings (SSSR count). The van der Waals surface area contributed by atoms with Crippen molar-refractivity contribution in [2.45, 2.75) is 25.2 Å². The van der Waals surface area contributed by atoms with Crippen LogP contribution >= 0.6 is 0 Å². The first-order valence-corrected chi connectivity index (χ1v) is 9.40. The van der Waals surface area contributed by atoms with Crippen LogP contribution in [0.3, 0.4) is 0 Å². The van der Waals surface area contributed by atoms with Gasteiger partial charge in [0.05, 0.1) is 5.56 Å². The van der Waals surface area contributed by atoms with Crippen molar-refractivity contribution in [3.63, 3.8) is 0 Å². The molecule has 3 nitrogen and oxygen atoms in total. The number of hydrogen-bond acceptors (Lipinski definition) is 3. The predicted molar refractivity (Wildman–Crippen MR) is 107 cm³/mol. The summed E-state index contributed by atoms with van der Waals surface area (Å²) < 4.78 is 57.7. The largest absolute Gasteiger partial charge is 0.457 e. The molecule has 0 aliphatic heterocycles. The summed E-state index contributed by atoms with van der Waals surface area (Å²) in [5.41, 5.74) is -0.150. The van der Waals surface area contributed by atoms with Gasteiger partial charge in [0.1, 0.15) is 11.5 Å². The zero-order valence-electron chi connectivity index (χ0n) is 16.2. The van der Waals surface area contributed by atoms with Gasteiger partial charge in [0, 0.05) is 12.8 Å². The molecule has 31 heavy (non-hydrogen) atoms. The van der Waals surface area contributed by atoms with Crippen LogP contribution in [0.5, 0.6) is 11.5 Å². The molecule has 0 heterocycles. The zero-order chi connectivity index (χ0) is 22.4. The minimum absolute atomic E-state index is 0.205. The molecule has 0 aliphatic rings. The highest BCUT2D eigenvalue weighted by atomic mass is 19.4. The second-order valence-corrected chi connectivity index (χ2v) is 6.90. The van der Waals surface area contributed by atoms with E-state index < -0.39 is 35.9 Å². The van der Waals surface area contributed by atoms with Crippen LogP contribution in [0.25, 0.3) is 0 Å². The molecule has 1 atom stereocenters. The molecule has 0 saturated heterocycles. The van der Waals surface area contributed by atoms with Crippen molar-refractivity contribution in [3.05, 3.63) is 95.6 Å². The number of halogens is 4. The lowest BCUT2D eigenvalue weighted by molar-refractivity contribution is -0.137. The molecule has 0 fully saturated rings. The Morgan fingerprint density at radius 1 is 0.710 bits per heavy atom. The smallest absolute Gasteiger partial charge is 0.416 e. The SMILES string of the molecule is O=C(Cc1ccc(Oc2ccccc2)cc1)C(F)C(=O)Cc1ccc(C(F)(F)F)cc1. The van der Waals surface area contributed by atoms with Crippen molar-refractivity contribution in [2.75, 3.05) is 0 Å². The fourth-order valence-electron chi connectivity index (χ4n) is 2.87. The third kappa shape index (κ3) is 6.25. The highest BCUT2D eigenvalue weighted by Gasteiger charge is 2.30. The maximum absolute atomic E-state index is 14.3. The van der Waals surface area contributed by atoms with Crippen LogP contribution in [0.2, 0.25) is 0 Å². The molecule has 3 aromatic carbocycles. The van der Waals surface area contributed by atoms with Crippen LogP contribution in [0, 0.1) is 0 Å². The quantitative estimate of drug-likeness (QED) is 0.337. The van der Waals surface area contributed by atoms with Crippen molar-refractivity contribution >= 4 is 11.6 Å². The normalized spacial score (nSPS) is 12.3. The molecule has 0 radical (unpaired) electrons. The minimum Gasteiger partial charge on any atom is -0.457 e. The lowest BCUT2D eigenvalue weighted by Crippen LogP contribution is -2.28. The Balaban J connectivity index is 1.55. The fraction of sp³-hybridized carbons (Fsp3) is 0.167. The average molecular weight is 430 g/mol. The van der Waals surface area contributed by atoms with Crippen LogP contribution < -0.4 is 4.74 Å². The molecule has 7 heteroatoms. The first-order valence-electron chi connectivity index (χ1n) is 9.40. The molecule has 0 aromatic heterocycles. The van der Waals surface area contributed by atoms with E-state index in [1.165, 1.54) is 0 Å². The number of carbonyl (C=O) groups is 2. The predicted octanol–water partition coefficient (Wildman–Crippen LogP) is 5.76. The monoisotopic (exact) mass is 430 g/mol. The summed E-state index contributed by atoms with van der Waals surface area (Å²) in [5, 5.41) is 0. The number of ether oxygens (including phenoxy) is 1. The summed E-state index contributed by atoms with van der Waals surface area (Å²) in [7, 11) is 0. The lowest BCUT2D eigenvalue weighted by Gasteiger charge is -2.10. The van der Waals surface area contributed by atoms with Crippen LogP contribution in [-0.2, 0) is 28.6 Å². The fourth-order valence-corrected chi connectivity index (χ4v) is 2.87. The van der Waals surface area contributed by atoms with E-state index in [9.17, 15) is 27.2 Å². The number of carbonyl (C=O) groups excluding carboxylic acids is 2. The number of Topliss-reactive ketones (excluding diaryl/α,β-unsaturated/α-hetero) is 2. The number of hydrogen-bond donors (Lipinski definition) is 0. The van der Waals surface area contributed by atoms with E-state index in [0.717, 1.165) is 24.3 Å². The van der Waals surface area contributed by atoms with E-state index in [-0.39, 0.29) is 12.0 Å². The highest BCUT2D eigenvalue weighted by molar-refractivity contribution is 6.06. The van der Waals surface area contributed by atoms with E-state index in [2.05, 4.69) is 0 Å². The summed E-state index contributed by atoms with van der Waals surface area (Å²) in [6.07, 6.45) is -7.59. The second-order valence-electron chi connectivity index (χ2n) is 6.90. The van der Waals surface area contributed by atoms with Crippen molar-refractivity contribution in [2.24, 2.45) is 0 Å². The van der Waals surface area contributed by atoms with Gasteiger partial charge in [-0.25, -0.2) is 4.39 Å². The molecule has 0 bridgehead atoms. The molecule has 3 aromatic rings. The Hall–Kier alpha value is -3.48. The first kappa shape index (κ1) is 22.2. The van der Waals surface area contributed by atoms with Gasteiger partial charge in [0.2, 0.25) is 6.17 Å². The van der Waals surface area contributed by atoms with Gasteiger partial charge in [0.25, 0.3) is 0 Å². The van der Waals surface area contributed by atoms with Gasteiger partial charge >= 0.3 is 6.18 Å². The molecule has 0 aliphatic carbocycles. The standard InChI is InChI=1S/C24H18F4O3/c25-23(21(29)14-16-6-10-18(11-7-16)24(26,27)28)22(30)15-17-8-12-20(13-9-17)31-19-4-2-1-3-5-19/h1-13,23H,14-15H2. The van der Waals surface area contributed by atoms with Crippen LogP contribution in [0.15, 0.2) is 78.9 Å². The van der Waals surface area contributed by atoms with Gasteiger partial charge in [-0.15, -0.1) is 0 Å². The number of para-hydroxylation sites is 1. The van der Waals surface area contributed by atoms with E-state index in [0.29, 0.717) is 17.1 Å². The highest BCUT2D eigenvalue weighted by Crippen LogP contribution is 2.29. The molecule has 0 N–H and O–H groups in total. The maximum Gasteiger partial charge on any atom is 0.416 e.